The summed E-state index contributed by atoms with van der Waals surface area (Å²) in [4.78, 5) is 11.6. The van der Waals surface area contributed by atoms with Crippen molar-refractivity contribution < 1.29 is 9.53 Å². The molecule has 1 saturated carbocycles. The van der Waals surface area contributed by atoms with Crippen LogP contribution in [0.3, 0.4) is 0 Å². The van der Waals surface area contributed by atoms with E-state index in [4.69, 9.17) is 4.74 Å². The molecule has 0 aliphatic heterocycles. The van der Waals surface area contributed by atoms with Crippen molar-refractivity contribution in [3.05, 3.63) is 0 Å². The molecule has 0 unspecified atom stereocenters. The minimum atomic E-state index is -0.00750. The van der Waals surface area contributed by atoms with Crippen LogP contribution >= 0.6 is 0 Å². The van der Waals surface area contributed by atoms with Crippen molar-refractivity contribution in [2.75, 3.05) is 7.11 Å². The topological polar surface area (TPSA) is 26.3 Å². The fraction of sp³-hybridized carbons (Fsp3) is 0.917. The molecule has 0 spiro atoms. The SMILES string of the molecule is COC(=O)[C@H](C(C)C)C1CCCCC1. The zero-order valence-electron chi connectivity index (χ0n) is 9.58. The van der Waals surface area contributed by atoms with Gasteiger partial charge < -0.3 is 4.74 Å². The highest BCUT2D eigenvalue weighted by molar-refractivity contribution is 5.72. The van der Waals surface area contributed by atoms with Crippen molar-refractivity contribution in [2.45, 2.75) is 46.0 Å². The molecule has 0 saturated heterocycles. The van der Waals surface area contributed by atoms with Crippen molar-refractivity contribution in [2.24, 2.45) is 17.8 Å². The monoisotopic (exact) mass is 198 g/mol. The number of methoxy groups -OCH3 is 1. The van der Waals surface area contributed by atoms with Crippen LogP contribution in [0.4, 0.5) is 0 Å². The second-order valence-corrected chi connectivity index (χ2v) is 4.69. The third-order valence-electron chi connectivity index (χ3n) is 3.35. The Bertz CT molecular complexity index is 181. The molecule has 1 atom stereocenters. The van der Waals surface area contributed by atoms with Gasteiger partial charge >= 0.3 is 5.97 Å². The minimum absolute atomic E-state index is 0.00750. The first-order valence-electron chi connectivity index (χ1n) is 5.74. The number of hydrogen-bond acceptors (Lipinski definition) is 2. The third-order valence-corrected chi connectivity index (χ3v) is 3.35. The van der Waals surface area contributed by atoms with E-state index in [9.17, 15) is 4.79 Å². The number of carbonyl (C=O) groups is 1. The first-order valence-corrected chi connectivity index (χ1v) is 5.74. The van der Waals surface area contributed by atoms with E-state index >= 15 is 0 Å². The highest BCUT2D eigenvalue weighted by Crippen LogP contribution is 2.34. The van der Waals surface area contributed by atoms with Crippen LogP contribution in [0, 0.1) is 17.8 Å². The summed E-state index contributed by atoms with van der Waals surface area (Å²) in [7, 11) is 1.50. The van der Waals surface area contributed by atoms with Crippen LogP contribution in [0.15, 0.2) is 0 Å². The Morgan fingerprint density at radius 3 is 2.21 bits per heavy atom. The van der Waals surface area contributed by atoms with Crippen molar-refractivity contribution in [1.29, 1.82) is 0 Å². The Hall–Kier alpha value is -0.530. The molecule has 2 nitrogen and oxygen atoms in total. The van der Waals surface area contributed by atoms with E-state index in [0.29, 0.717) is 11.8 Å². The molecule has 2 heteroatoms. The molecule has 0 amide bonds. The van der Waals surface area contributed by atoms with Crippen LogP contribution in [0.5, 0.6) is 0 Å². The molecule has 0 aromatic rings. The Morgan fingerprint density at radius 1 is 1.21 bits per heavy atom. The summed E-state index contributed by atoms with van der Waals surface area (Å²) >= 11 is 0. The first-order chi connectivity index (χ1) is 6.66. The number of hydrogen-bond donors (Lipinski definition) is 0. The van der Waals surface area contributed by atoms with E-state index in [1.807, 2.05) is 0 Å². The Kier molecular flexibility index (Phi) is 4.43. The highest BCUT2D eigenvalue weighted by Gasteiger charge is 2.32. The maximum Gasteiger partial charge on any atom is 0.309 e. The molecule has 1 fully saturated rings. The third kappa shape index (κ3) is 2.73. The van der Waals surface area contributed by atoms with Crippen LogP contribution in [0.1, 0.15) is 46.0 Å². The molecule has 0 radical (unpaired) electrons. The molecule has 82 valence electrons. The summed E-state index contributed by atoms with van der Waals surface area (Å²) in [6.45, 7) is 4.24. The zero-order valence-corrected chi connectivity index (χ0v) is 9.58. The fourth-order valence-electron chi connectivity index (χ4n) is 2.64. The number of ether oxygens (including phenoxy) is 1. The standard InChI is InChI=1S/C12H22O2/c1-9(2)11(12(13)14-3)10-7-5-4-6-8-10/h9-11H,4-8H2,1-3H3/t11-/m1/s1. The lowest BCUT2D eigenvalue weighted by molar-refractivity contribution is -0.149. The van der Waals surface area contributed by atoms with Crippen molar-refractivity contribution in [1.82, 2.24) is 0 Å². The van der Waals surface area contributed by atoms with E-state index < -0.39 is 0 Å². The van der Waals surface area contributed by atoms with Crippen molar-refractivity contribution >= 4 is 5.97 Å². The molecule has 1 aliphatic carbocycles. The largest absolute Gasteiger partial charge is 0.469 e. The van der Waals surface area contributed by atoms with Gasteiger partial charge in [-0.05, 0) is 24.7 Å². The first kappa shape index (κ1) is 11.5. The Balaban J connectivity index is 2.60. The molecule has 1 aliphatic rings. The van der Waals surface area contributed by atoms with Gasteiger partial charge in [0.05, 0.1) is 13.0 Å². The molecule has 0 aromatic heterocycles. The molecule has 14 heavy (non-hydrogen) atoms. The van der Waals surface area contributed by atoms with Crippen LogP contribution in [0.25, 0.3) is 0 Å². The van der Waals surface area contributed by atoms with Gasteiger partial charge in [0.2, 0.25) is 0 Å². The summed E-state index contributed by atoms with van der Waals surface area (Å²) in [6.07, 6.45) is 6.31. The summed E-state index contributed by atoms with van der Waals surface area (Å²) in [5.41, 5.74) is 0. The molecule has 0 aromatic carbocycles. The van der Waals surface area contributed by atoms with E-state index in [-0.39, 0.29) is 11.9 Å². The maximum absolute atomic E-state index is 11.6. The number of carbonyl (C=O) groups excluding carboxylic acids is 1. The molecular formula is C12H22O2. The summed E-state index contributed by atoms with van der Waals surface area (Å²) in [5.74, 6) is 1.09. The van der Waals surface area contributed by atoms with E-state index in [0.717, 1.165) is 0 Å². The minimum Gasteiger partial charge on any atom is -0.469 e. The van der Waals surface area contributed by atoms with E-state index in [1.165, 1.54) is 39.2 Å². The Morgan fingerprint density at radius 2 is 1.79 bits per heavy atom. The quantitative estimate of drug-likeness (QED) is 0.652. The summed E-state index contributed by atoms with van der Waals surface area (Å²) < 4.78 is 4.89. The van der Waals surface area contributed by atoms with Crippen molar-refractivity contribution in [3.8, 4) is 0 Å². The van der Waals surface area contributed by atoms with Gasteiger partial charge in [-0.1, -0.05) is 33.1 Å². The van der Waals surface area contributed by atoms with Crippen molar-refractivity contribution in [3.63, 3.8) is 0 Å². The summed E-state index contributed by atoms with van der Waals surface area (Å²) in [5, 5.41) is 0. The van der Waals surface area contributed by atoms with Crippen LogP contribution in [-0.2, 0) is 9.53 Å². The van der Waals surface area contributed by atoms with Gasteiger partial charge in [-0.2, -0.15) is 0 Å². The predicted octanol–water partition coefficient (Wildman–Crippen LogP) is 3.01. The number of rotatable bonds is 3. The molecule has 0 heterocycles. The van der Waals surface area contributed by atoms with Gasteiger partial charge in [-0.25, -0.2) is 0 Å². The van der Waals surface area contributed by atoms with Gasteiger partial charge in [-0.15, -0.1) is 0 Å². The van der Waals surface area contributed by atoms with Gasteiger partial charge in [-0.3, -0.25) is 4.79 Å². The zero-order chi connectivity index (χ0) is 10.6. The fourth-order valence-corrected chi connectivity index (χ4v) is 2.64. The molecule has 1 rings (SSSR count). The van der Waals surface area contributed by atoms with Gasteiger partial charge in [0, 0.05) is 0 Å². The second-order valence-electron chi connectivity index (χ2n) is 4.69. The lowest BCUT2D eigenvalue weighted by Crippen LogP contribution is -2.30. The Labute approximate surface area is 87.0 Å². The maximum atomic E-state index is 11.6. The number of esters is 1. The second kappa shape index (κ2) is 5.38. The lowest BCUT2D eigenvalue weighted by atomic mass is 9.75. The molecule has 0 N–H and O–H groups in total. The molecular weight excluding hydrogens is 176 g/mol. The predicted molar refractivity (Wildman–Crippen MR) is 56.9 cm³/mol. The van der Waals surface area contributed by atoms with E-state index in [2.05, 4.69) is 13.8 Å². The average Bonchev–Trinajstić information content (AvgIpc) is 2.19. The summed E-state index contributed by atoms with van der Waals surface area (Å²) in [6, 6.07) is 0. The van der Waals surface area contributed by atoms with Crippen LogP contribution in [-0.4, -0.2) is 13.1 Å². The van der Waals surface area contributed by atoms with Gasteiger partial charge in [0.25, 0.3) is 0 Å². The molecule has 0 bridgehead atoms. The van der Waals surface area contributed by atoms with Gasteiger partial charge in [0.1, 0.15) is 0 Å². The van der Waals surface area contributed by atoms with E-state index in [1.54, 1.807) is 0 Å². The van der Waals surface area contributed by atoms with Crippen LogP contribution < -0.4 is 0 Å². The van der Waals surface area contributed by atoms with Gasteiger partial charge in [0.15, 0.2) is 0 Å². The lowest BCUT2D eigenvalue weighted by Gasteiger charge is -2.30. The van der Waals surface area contributed by atoms with Crippen LogP contribution in [0.2, 0.25) is 0 Å². The average molecular weight is 198 g/mol. The highest BCUT2D eigenvalue weighted by atomic mass is 16.5. The smallest absolute Gasteiger partial charge is 0.309 e. The normalized spacial score (nSPS) is 20.9.